The molecule has 1 aliphatic heterocycles. The molecule has 4 nitrogen and oxygen atoms in total. The minimum atomic E-state index is 0.176. The number of rotatable bonds is 7. The first-order valence-electron chi connectivity index (χ1n) is 11.7. The Hall–Kier alpha value is -2.07. The lowest BCUT2D eigenvalue weighted by Gasteiger charge is -2.37. The van der Waals surface area contributed by atoms with E-state index in [0.29, 0.717) is 12.0 Å². The quantitative estimate of drug-likeness (QED) is 0.629. The zero-order valence-electron chi connectivity index (χ0n) is 18.6. The number of piperidine rings is 1. The summed E-state index contributed by atoms with van der Waals surface area (Å²) < 4.78 is 5.42. The zero-order chi connectivity index (χ0) is 20.9. The van der Waals surface area contributed by atoms with Gasteiger partial charge in [-0.15, -0.1) is 0 Å². The van der Waals surface area contributed by atoms with E-state index in [-0.39, 0.29) is 5.91 Å². The van der Waals surface area contributed by atoms with Crippen molar-refractivity contribution in [3.63, 3.8) is 0 Å². The van der Waals surface area contributed by atoms with Gasteiger partial charge in [-0.25, -0.2) is 0 Å². The number of carbonyl (C=O) groups excluding carboxylic acids is 1. The van der Waals surface area contributed by atoms with E-state index in [1.54, 1.807) is 6.26 Å². The molecule has 2 aromatic rings. The maximum atomic E-state index is 13.3. The van der Waals surface area contributed by atoms with Gasteiger partial charge in [-0.3, -0.25) is 4.79 Å². The van der Waals surface area contributed by atoms with Crippen LogP contribution in [-0.2, 0) is 6.42 Å². The number of furan rings is 1. The number of aryl methyl sites for hydroxylation is 2. The van der Waals surface area contributed by atoms with Crippen LogP contribution < -0.4 is 0 Å². The number of likely N-dealkylation sites (tertiary alicyclic amines) is 1. The molecule has 0 spiro atoms. The van der Waals surface area contributed by atoms with Gasteiger partial charge in [0.25, 0.3) is 5.91 Å². The van der Waals surface area contributed by atoms with Crippen LogP contribution in [-0.4, -0.2) is 47.9 Å². The number of hydrogen-bond donors (Lipinski definition) is 0. The summed E-state index contributed by atoms with van der Waals surface area (Å²) in [5.74, 6) is 1.53. The van der Waals surface area contributed by atoms with E-state index < -0.39 is 0 Å². The molecule has 162 valence electrons. The average molecular weight is 409 g/mol. The minimum Gasteiger partial charge on any atom is -0.469 e. The van der Waals surface area contributed by atoms with Gasteiger partial charge in [-0.1, -0.05) is 37.1 Å². The summed E-state index contributed by atoms with van der Waals surface area (Å²) >= 11 is 0. The number of benzene rings is 1. The smallest absolute Gasteiger partial charge is 0.257 e. The van der Waals surface area contributed by atoms with Gasteiger partial charge in [0.2, 0.25) is 0 Å². The molecule has 0 N–H and O–H groups in total. The van der Waals surface area contributed by atoms with Gasteiger partial charge in [0.15, 0.2) is 0 Å². The predicted molar refractivity (Wildman–Crippen MR) is 121 cm³/mol. The van der Waals surface area contributed by atoms with Crippen LogP contribution in [0.2, 0.25) is 0 Å². The molecule has 0 radical (unpaired) electrons. The van der Waals surface area contributed by atoms with Gasteiger partial charge >= 0.3 is 0 Å². The third-order valence-corrected chi connectivity index (χ3v) is 7.24. The van der Waals surface area contributed by atoms with Crippen LogP contribution in [0.4, 0.5) is 0 Å². The lowest BCUT2D eigenvalue weighted by atomic mass is 9.94. The molecule has 30 heavy (non-hydrogen) atoms. The van der Waals surface area contributed by atoms with Crippen molar-refractivity contribution in [2.75, 3.05) is 26.2 Å². The van der Waals surface area contributed by atoms with E-state index in [2.05, 4.69) is 41.0 Å². The average Bonchev–Trinajstić information content (AvgIpc) is 3.44. The van der Waals surface area contributed by atoms with Crippen LogP contribution in [0, 0.1) is 19.8 Å². The summed E-state index contributed by atoms with van der Waals surface area (Å²) in [4.78, 5) is 18.1. The molecule has 2 fully saturated rings. The Bertz CT molecular complexity index is 829. The molecule has 1 aromatic heterocycles. The molecule has 2 heterocycles. The van der Waals surface area contributed by atoms with Crippen LogP contribution in [0.1, 0.15) is 65.8 Å². The highest BCUT2D eigenvalue weighted by atomic mass is 16.3. The fourth-order valence-electron chi connectivity index (χ4n) is 5.22. The first-order chi connectivity index (χ1) is 14.6. The molecule has 0 atom stereocenters. The second-order valence-electron chi connectivity index (χ2n) is 9.25. The zero-order valence-corrected chi connectivity index (χ0v) is 18.6. The second kappa shape index (κ2) is 9.82. The van der Waals surface area contributed by atoms with Crippen molar-refractivity contribution in [1.29, 1.82) is 0 Å². The fourth-order valence-corrected chi connectivity index (χ4v) is 5.22. The minimum absolute atomic E-state index is 0.176. The second-order valence-corrected chi connectivity index (χ2v) is 9.25. The van der Waals surface area contributed by atoms with Gasteiger partial charge in [0.05, 0.1) is 11.8 Å². The maximum absolute atomic E-state index is 13.3. The molecule has 1 amide bonds. The first-order valence-corrected chi connectivity index (χ1v) is 11.7. The number of amides is 1. The SMILES string of the molecule is Cc1ccccc1CCN1CCC(CN(C(=O)c2ccoc2C)C2CCCC2)CC1. The van der Waals surface area contributed by atoms with Crippen molar-refractivity contribution in [3.8, 4) is 0 Å². The van der Waals surface area contributed by atoms with E-state index in [1.807, 2.05) is 13.0 Å². The van der Waals surface area contributed by atoms with Crippen molar-refractivity contribution in [2.45, 2.75) is 64.8 Å². The monoisotopic (exact) mass is 408 g/mol. The Balaban J connectivity index is 1.32. The van der Waals surface area contributed by atoms with Crippen LogP contribution in [0.3, 0.4) is 0 Å². The molecular weight excluding hydrogens is 372 g/mol. The Labute approximate surface area is 181 Å². The topological polar surface area (TPSA) is 36.7 Å². The molecule has 1 aromatic carbocycles. The fraction of sp³-hybridized carbons (Fsp3) is 0.577. The highest BCUT2D eigenvalue weighted by Gasteiger charge is 2.32. The van der Waals surface area contributed by atoms with Crippen molar-refractivity contribution in [3.05, 3.63) is 59.0 Å². The van der Waals surface area contributed by atoms with E-state index in [1.165, 1.54) is 36.8 Å². The predicted octanol–water partition coefficient (Wildman–Crippen LogP) is 5.24. The Kier molecular flexibility index (Phi) is 6.93. The number of hydrogen-bond acceptors (Lipinski definition) is 3. The van der Waals surface area contributed by atoms with Gasteiger partial charge in [-0.2, -0.15) is 0 Å². The third-order valence-electron chi connectivity index (χ3n) is 7.24. The van der Waals surface area contributed by atoms with E-state index in [0.717, 1.165) is 56.8 Å². The lowest BCUT2D eigenvalue weighted by molar-refractivity contribution is 0.0597. The molecule has 4 heteroatoms. The summed E-state index contributed by atoms with van der Waals surface area (Å²) in [6.07, 6.45) is 9.94. The van der Waals surface area contributed by atoms with Crippen LogP contribution in [0.15, 0.2) is 41.0 Å². The first kappa shape index (κ1) is 21.2. The van der Waals surface area contributed by atoms with Gasteiger partial charge in [-0.05, 0) is 82.2 Å². The summed E-state index contributed by atoms with van der Waals surface area (Å²) in [7, 11) is 0. The number of carbonyl (C=O) groups is 1. The van der Waals surface area contributed by atoms with Crippen molar-refractivity contribution < 1.29 is 9.21 Å². The van der Waals surface area contributed by atoms with Crippen molar-refractivity contribution >= 4 is 5.91 Å². The highest BCUT2D eigenvalue weighted by Crippen LogP contribution is 2.29. The maximum Gasteiger partial charge on any atom is 0.257 e. The lowest BCUT2D eigenvalue weighted by Crippen LogP contribution is -2.45. The van der Waals surface area contributed by atoms with Crippen molar-refractivity contribution in [1.82, 2.24) is 9.80 Å². The van der Waals surface area contributed by atoms with E-state index in [4.69, 9.17) is 4.42 Å². The molecule has 1 saturated carbocycles. The summed E-state index contributed by atoms with van der Waals surface area (Å²) in [6, 6.07) is 11.0. The van der Waals surface area contributed by atoms with Crippen LogP contribution >= 0.6 is 0 Å². The van der Waals surface area contributed by atoms with E-state index >= 15 is 0 Å². The summed E-state index contributed by atoms with van der Waals surface area (Å²) in [5, 5.41) is 0. The van der Waals surface area contributed by atoms with Gasteiger partial charge in [0, 0.05) is 19.1 Å². The third kappa shape index (κ3) is 4.97. The Morgan fingerprint density at radius 2 is 1.80 bits per heavy atom. The molecule has 4 rings (SSSR count). The van der Waals surface area contributed by atoms with E-state index in [9.17, 15) is 4.79 Å². The standard InChI is InChI=1S/C26H36N2O2/c1-20-7-3-4-8-23(20)13-17-27-15-11-22(12-16-27)19-28(24-9-5-6-10-24)26(29)25-14-18-30-21(25)2/h3-4,7-8,14,18,22,24H,5-6,9-13,15-17,19H2,1-2H3. The normalized spacial score (nSPS) is 18.7. The molecule has 1 saturated heterocycles. The molecule has 0 unspecified atom stereocenters. The van der Waals surface area contributed by atoms with Gasteiger partial charge < -0.3 is 14.2 Å². The summed E-state index contributed by atoms with van der Waals surface area (Å²) in [5.41, 5.74) is 3.61. The number of nitrogens with zero attached hydrogens (tertiary/aromatic N) is 2. The van der Waals surface area contributed by atoms with Gasteiger partial charge in [0.1, 0.15) is 5.76 Å². The molecule has 0 bridgehead atoms. The summed E-state index contributed by atoms with van der Waals surface area (Å²) in [6.45, 7) is 8.43. The highest BCUT2D eigenvalue weighted by molar-refractivity contribution is 5.95. The van der Waals surface area contributed by atoms with Crippen LogP contribution in [0.25, 0.3) is 0 Å². The Morgan fingerprint density at radius 3 is 2.47 bits per heavy atom. The molecule has 1 aliphatic carbocycles. The molecular formula is C26H36N2O2. The largest absolute Gasteiger partial charge is 0.469 e. The van der Waals surface area contributed by atoms with Crippen LogP contribution in [0.5, 0.6) is 0 Å². The Morgan fingerprint density at radius 1 is 1.07 bits per heavy atom. The van der Waals surface area contributed by atoms with Crippen molar-refractivity contribution in [2.24, 2.45) is 5.92 Å². The molecule has 2 aliphatic rings.